The zero-order valence-corrected chi connectivity index (χ0v) is 20.8. The lowest BCUT2D eigenvalue weighted by Gasteiger charge is -2.21. The third-order valence-electron chi connectivity index (χ3n) is 5.49. The van der Waals surface area contributed by atoms with Gasteiger partial charge in [-0.1, -0.05) is 35.9 Å². The highest BCUT2D eigenvalue weighted by molar-refractivity contribution is 7.92. The summed E-state index contributed by atoms with van der Waals surface area (Å²) in [7, 11) is -1.43. The Morgan fingerprint density at radius 2 is 1.71 bits per heavy atom. The molecule has 2 unspecified atom stereocenters. The van der Waals surface area contributed by atoms with Crippen molar-refractivity contribution in [2.24, 2.45) is 0 Å². The molecule has 0 saturated carbocycles. The molecule has 9 heteroatoms. The van der Waals surface area contributed by atoms with Crippen LogP contribution in [0.4, 0.5) is 5.69 Å². The topological polar surface area (TPSA) is 111 Å². The maximum Gasteiger partial charge on any atom is 0.338 e. The molecule has 0 aliphatic heterocycles. The lowest BCUT2D eigenvalue weighted by molar-refractivity contribution is -0.0719. The van der Waals surface area contributed by atoms with Gasteiger partial charge < -0.3 is 19.3 Å². The van der Waals surface area contributed by atoms with E-state index >= 15 is 0 Å². The highest BCUT2D eigenvalue weighted by atomic mass is 32.2. The predicted octanol–water partition coefficient (Wildman–Crippen LogP) is 4.58. The Labute approximate surface area is 205 Å². The van der Waals surface area contributed by atoms with Crippen molar-refractivity contribution in [3.63, 3.8) is 0 Å². The van der Waals surface area contributed by atoms with Gasteiger partial charge in [-0.15, -0.1) is 0 Å². The number of nitrogens with one attached hydrogen (secondary N) is 1. The van der Waals surface area contributed by atoms with Gasteiger partial charge in [0.1, 0.15) is 16.7 Å². The van der Waals surface area contributed by atoms with Crippen LogP contribution in [0.15, 0.2) is 66.7 Å². The number of carbonyl (C=O) groups is 1. The van der Waals surface area contributed by atoms with Gasteiger partial charge in [0, 0.05) is 13.5 Å². The molecule has 3 rings (SSSR count). The lowest BCUT2D eigenvalue weighted by Crippen LogP contribution is -2.23. The summed E-state index contributed by atoms with van der Waals surface area (Å²) in [5.74, 6) is 0.284. The van der Waals surface area contributed by atoms with Crippen LogP contribution in [0.25, 0.3) is 0 Å². The van der Waals surface area contributed by atoms with Crippen LogP contribution in [0.1, 0.15) is 39.2 Å². The molecule has 0 amide bonds. The maximum atomic E-state index is 13.4. The van der Waals surface area contributed by atoms with E-state index in [0.717, 1.165) is 5.56 Å². The van der Waals surface area contributed by atoms with Crippen molar-refractivity contribution in [2.45, 2.75) is 31.8 Å². The summed E-state index contributed by atoms with van der Waals surface area (Å²) in [6, 6.07) is 18.8. The summed E-state index contributed by atoms with van der Waals surface area (Å²) >= 11 is 0. The van der Waals surface area contributed by atoms with E-state index in [1.807, 2.05) is 25.1 Å². The number of aliphatic hydroxyl groups excluding tert-OH is 1. The highest BCUT2D eigenvalue weighted by Gasteiger charge is 2.29. The van der Waals surface area contributed by atoms with Crippen LogP contribution in [0.5, 0.6) is 11.5 Å². The van der Waals surface area contributed by atoms with E-state index in [4.69, 9.17) is 14.2 Å². The monoisotopic (exact) mass is 499 g/mol. The summed E-state index contributed by atoms with van der Waals surface area (Å²) in [6.07, 6.45) is -0.992. The van der Waals surface area contributed by atoms with Crippen molar-refractivity contribution < 1.29 is 32.5 Å². The standard InChI is InChI=1S/C26H29NO7S/c1-17-10-13-24(19(14-17)15-25(28)32-3)27-35(30,31)18(2)23-16-21(11-12-22(23)26(29)33-4)34-20-8-6-5-7-9-20/h5-14,16,18,25,27-28H,15H2,1-4H3. The van der Waals surface area contributed by atoms with E-state index in [1.165, 1.54) is 33.3 Å². The summed E-state index contributed by atoms with van der Waals surface area (Å²) in [5.41, 5.74) is 2.13. The van der Waals surface area contributed by atoms with Crippen LogP contribution in [-0.4, -0.2) is 40.0 Å². The number of hydrogen-bond acceptors (Lipinski definition) is 7. The van der Waals surface area contributed by atoms with E-state index in [0.29, 0.717) is 22.7 Å². The number of aryl methyl sites for hydroxylation is 1. The fourth-order valence-corrected chi connectivity index (χ4v) is 4.74. The average molecular weight is 500 g/mol. The molecule has 0 fully saturated rings. The first-order valence-corrected chi connectivity index (χ1v) is 12.5. The van der Waals surface area contributed by atoms with Gasteiger partial charge in [-0.2, -0.15) is 0 Å². The third kappa shape index (κ3) is 6.60. The quantitative estimate of drug-likeness (QED) is 0.310. The molecular formula is C26H29NO7S. The minimum atomic E-state index is -4.03. The van der Waals surface area contributed by atoms with Crippen LogP contribution < -0.4 is 9.46 Å². The molecule has 0 spiro atoms. The molecule has 0 aliphatic carbocycles. The molecule has 3 aromatic rings. The number of sulfonamides is 1. The van der Waals surface area contributed by atoms with Crippen LogP contribution in [0.3, 0.4) is 0 Å². The molecule has 0 bridgehead atoms. The number of hydrogen-bond donors (Lipinski definition) is 2. The van der Waals surface area contributed by atoms with Crippen molar-refractivity contribution >= 4 is 21.7 Å². The Hall–Kier alpha value is -3.40. The van der Waals surface area contributed by atoms with Crippen LogP contribution in [0.2, 0.25) is 0 Å². The molecular weight excluding hydrogens is 470 g/mol. The third-order valence-corrected chi connectivity index (χ3v) is 7.18. The molecule has 8 nitrogen and oxygen atoms in total. The van der Waals surface area contributed by atoms with Crippen LogP contribution in [-0.2, 0) is 25.9 Å². The normalized spacial score (nSPS) is 13.1. The molecule has 2 atom stereocenters. The summed E-state index contributed by atoms with van der Waals surface area (Å²) in [5, 5.41) is 8.78. The fourth-order valence-electron chi connectivity index (χ4n) is 3.53. The Balaban J connectivity index is 1.98. The molecule has 3 aromatic carbocycles. The van der Waals surface area contributed by atoms with Crippen LogP contribution >= 0.6 is 0 Å². The highest BCUT2D eigenvalue weighted by Crippen LogP contribution is 2.33. The number of benzene rings is 3. The Morgan fingerprint density at radius 3 is 2.37 bits per heavy atom. The number of aliphatic hydroxyl groups is 1. The van der Waals surface area contributed by atoms with Gasteiger partial charge in [-0.25, -0.2) is 13.2 Å². The van der Waals surface area contributed by atoms with E-state index in [1.54, 1.807) is 36.4 Å². The van der Waals surface area contributed by atoms with Crippen molar-refractivity contribution in [1.29, 1.82) is 0 Å². The Morgan fingerprint density at radius 1 is 1.00 bits per heavy atom. The molecule has 2 N–H and O–H groups in total. The van der Waals surface area contributed by atoms with Crippen molar-refractivity contribution in [1.82, 2.24) is 0 Å². The molecule has 0 aromatic heterocycles. The summed E-state index contributed by atoms with van der Waals surface area (Å²) in [4.78, 5) is 12.4. The van der Waals surface area contributed by atoms with E-state index in [-0.39, 0.29) is 17.5 Å². The second kappa shape index (κ2) is 11.4. The molecule has 0 saturated heterocycles. The average Bonchev–Trinajstić information content (AvgIpc) is 2.85. The van der Waals surface area contributed by atoms with Crippen LogP contribution in [0, 0.1) is 6.92 Å². The van der Waals surface area contributed by atoms with E-state index in [9.17, 15) is 18.3 Å². The number of rotatable bonds is 10. The fraction of sp³-hybridized carbons (Fsp3) is 0.269. The number of ether oxygens (including phenoxy) is 3. The predicted molar refractivity (Wildman–Crippen MR) is 133 cm³/mol. The van der Waals surface area contributed by atoms with Gasteiger partial charge in [0.2, 0.25) is 10.0 Å². The summed E-state index contributed by atoms with van der Waals surface area (Å²) in [6.45, 7) is 3.35. The minimum Gasteiger partial charge on any atom is -0.465 e. The van der Waals surface area contributed by atoms with Gasteiger partial charge in [0.05, 0.1) is 18.4 Å². The molecule has 0 heterocycles. The first-order chi connectivity index (χ1) is 16.6. The van der Waals surface area contributed by atoms with Crippen molar-refractivity contribution in [3.05, 3.63) is 89.0 Å². The zero-order valence-electron chi connectivity index (χ0n) is 20.0. The first kappa shape index (κ1) is 26.2. The van der Waals surface area contributed by atoms with Gasteiger partial charge >= 0.3 is 5.97 Å². The first-order valence-electron chi connectivity index (χ1n) is 10.9. The van der Waals surface area contributed by atoms with Gasteiger partial charge in [0.25, 0.3) is 0 Å². The van der Waals surface area contributed by atoms with Gasteiger partial charge in [-0.3, -0.25) is 4.72 Å². The second-order valence-corrected chi connectivity index (χ2v) is 10.0. The minimum absolute atomic E-state index is 0.0955. The second-order valence-electron chi connectivity index (χ2n) is 8.00. The number of carbonyl (C=O) groups excluding carboxylic acids is 1. The molecule has 35 heavy (non-hydrogen) atoms. The molecule has 186 valence electrons. The zero-order chi connectivity index (χ0) is 25.6. The van der Waals surface area contributed by atoms with Crippen molar-refractivity contribution in [3.8, 4) is 11.5 Å². The SMILES string of the molecule is COC(=O)c1ccc(Oc2ccccc2)cc1C(C)S(=O)(=O)Nc1ccc(C)cc1CC(O)OC. The van der Waals surface area contributed by atoms with E-state index < -0.39 is 27.5 Å². The lowest BCUT2D eigenvalue weighted by atomic mass is 10.0. The Kier molecular flexibility index (Phi) is 8.50. The molecule has 0 radical (unpaired) electrons. The van der Waals surface area contributed by atoms with Gasteiger partial charge in [0.15, 0.2) is 6.29 Å². The summed E-state index contributed by atoms with van der Waals surface area (Å²) < 4.78 is 45.1. The number of methoxy groups -OCH3 is 2. The Bertz CT molecular complexity index is 1280. The molecule has 0 aliphatic rings. The number of para-hydroxylation sites is 1. The smallest absolute Gasteiger partial charge is 0.338 e. The number of anilines is 1. The van der Waals surface area contributed by atoms with Gasteiger partial charge in [-0.05, 0) is 61.4 Å². The number of esters is 1. The largest absolute Gasteiger partial charge is 0.465 e. The van der Waals surface area contributed by atoms with Crippen molar-refractivity contribution in [2.75, 3.05) is 18.9 Å². The maximum absolute atomic E-state index is 13.4. The van der Waals surface area contributed by atoms with E-state index in [2.05, 4.69) is 4.72 Å².